The van der Waals surface area contributed by atoms with Gasteiger partial charge in [0.05, 0.1) is 5.60 Å². The molecule has 0 fully saturated rings. The van der Waals surface area contributed by atoms with Crippen LogP contribution in [0.25, 0.3) is 10.1 Å². The number of aryl methyl sites for hydroxylation is 1. The smallest absolute Gasteiger partial charge is 0.490 e. The van der Waals surface area contributed by atoms with Crippen molar-refractivity contribution in [2.75, 3.05) is 6.61 Å². The topological polar surface area (TPSA) is 72.8 Å². The summed E-state index contributed by atoms with van der Waals surface area (Å²) in [5, 5.41) is 11.3. The molecule has 0 amide bonds. The van der Waals surface area contributed by atoms with Crippen LogP contribution in [0, 0.1) is 6.92 Å². The molecule has 0 saturated heterocycles. The van der Waals surface area contributed by atoms with Crippen LogP contribution in [0.1, 0.15) is 69.4 Å². The Labute approximate surface area is 220 Å². The quantitative estimate of drug-likeness (QED) is 0.195. The molecule has 0 unspecified atom stereocenters. The van der Waals surface area contributed by atoms with Gasteiger partial charge in [0, 0.05) is 15.0 Å². The van der Waals surface area contributed by atoms with Gasteiger partial charge in [0.25, 0.3) is 0 Å². The lowest BCUT2D eigenvalue weighted by atomic mass is 9.74. The number of alkyl halides is 3. The Morgan fingerprint density at radius 3 is 2.11 bits per heavy atom. The van der Waals surface area contributed by atoms with E-state index >= 15 is 0 Å². The fourth-order valence-electron chi connectivity index (χ4n) is 4.40. The van der Waals surface area contributed by atoms with Gasteiger partial charge in [0.1, 0.15) is 18.1 Å². The number of halogens is 3. The van der Waals surface area contributed by atoms with Crippen molar-refractivity contribution >= 4 is 31.5 Å². The maximum absolute atomic E-state index is 12.7. The van der Waals surface area contributed by atoms with E-state index in [0.717, 1.165) is 34.2 Å². The predicted molar refractivity (Wildman–Crippen MR) is 141 cm³/mol. The average Bonchev–Trinajstić information content (AvgIpc) is 3.27. The highest BCUT2D eigenvalue weighted by Gasteiger charge is 2.48. The molecule has 3 aromatic rings. The van der Waals surface area contributed by atoms with Gasteiger partial charge >= 0.3 is 15.6 Å². The number of benzene rings is 2. The second kappa shape index (κ2) is 10.8. The Morgan fingerprint density at radius 2 is 1.57 bits per heavy atom. The van der Waals surface area contributed by atoms with Crippen molar-refractivity contribution in [3.8, 4) is 11.5 Å². The molecule has 10 heteroatoms. The minimum Gasteiger partial charge on any atom is -0.490 e. The van der Waals surface area contributed by atoms with Crippen LogP contribution >= 0.6 is 11.3 Å². The van der Waals surface area contributed by atoms with Crippen LogP contribution in [0.15, 0.2) is 42.5 Å². The highest BCUT2D eigenvalue weighted by Crippen LogP contribution is 2.45. The minimum absolute atomic E-state index is 0.206. The van der Waals surface area contributed by atoms with Crippen molar-refractivity contribution in [1.29, 1.82) is 0 Å². The second-order valence-corrected chi connectivity index (χ2v) is 11.9. The number of fused-ring (bicyclic) bond motifs is 1. The van der Waals surface area contributed by atoms with E-state index < -0.39 is 21.2 Å². The molecule has 0 radical (unpaired) electrons. The summed E-state index contributed by atoms with van der Waals surface area (Å²) in [4.78, 5) is 1.02. The van der Waals surface area contributed by atoms with Crippen molar-refractivity contribution < 1.29 is 35.6 Å². The second-order valence-electron chi connectivity index (χ2n) is 9.28. The molecule has 1 N–H and O–H groups in total. The molecule has 0 spiro atoms. The van der Waals surface area contributed by atoms with Crippen LogP contribution in [0.5, 0.6) is 11.5 Å². The molecule has 0 atom stereocenters. The van der Waals surface area contributed by atoms with E-state index in [-0.39, 0.29) is 17.8 Å². The number of ether oxygens (including phenoxy) is 1. The summed E-state index contributed by atoms with van der Waals surface area (Å²) in [6, 6.07) is 12.1. The number of thiophene rings is 1. The predicted octanol–water partition coefficient (Wildman–Crippen LogP) is 7.47. The van der Waals surface area contributed by atoms with E-state index in [9.17, 15) is 26.7 Å². The van der Waals surface area contributed by atoms with Gasteiger partial charge in [-0.2, -0.15) is 21.6 Å². The third-order valence-electron chi connectivity index (χ3n) is 7.20. The van der Waals surface area contributed by atoms with Gasteiger partial charge in [0.2, 0.25) is 0 Å². The third kappa shape index (κ3) is 5.91. The van der Waals surface area contributed by atoms with E-state index in [1.165, 1.54) is 23.5 Å². The lowest BCUT2D eigenvalue weighted by Crippen LogP contribution is -2.34. The van der Waals surface area contributed by atoms with Crippen molar-refractivity contribution in [2.45, 2.75) is 76.8 Å². The molecule has 0 aliphatic carbocycles. The molecule has 0 saturated carbocycles. The highest BCUT2D eigenvalue weighted by atomic mass is 32.2. The first kappa shape index (κ1) is 29.3. The van der Waals surface area contributed by atoms with Crippen molar-refractivity contribution in [1.82, 2.24) is 0 Å². The standard InChI is InChI=1S/C27H33F3O5S2/c1-6-25(31,7-2)17-34-22-13-11-20(14-18(22)5)26(8-3,9-4)24-15-19-10-12-21(16-23(19)36-24)35-37(32,33)27(28,29)30/h10-16,31H,6-9,17H2,1-5H3. The molecule has 3 rings (SSSR count). The molecular formula is C27H33F3O5S2. The van der Waals surface area contributed by atoms with E-state index in [1.54, 1.807) is 6.07 Å². The van der Waals surface area contributed by atoms with Crippen LogP contribution in [-0.2, 0) is 15.5 Å². The van der Waals surface area contributed by atoms with E-state index in [2.05, 4.69) is 24.1 Å². The lowest BCUT2D eigenvalue weighted by molar-refractivity contribution is -0.0500. The molecule has 37 heavy (non-hydrogen) atoms. The first-order chi connectivity index (χ1) is 17.2. The van der Waals surface area contributed by atoms with E-state index in [1.807, 2.05) is 39.0 Å². The van der Waals surface area contributed by atoms with Gasteiger partial charge in [0.15, 0.2) is 0 Å². The summed E-state index contributed by atoms with van der Waals surface area (Å²) in [6.45, 7) is 10.2. The summed E-state index contributed by atoms with van der Waals surface area (Å²) in [5.74, 6) is 0.322. The van der Waals surface area contributed by atoms with Gasteiger partial charge in [-0.1, -0.05) is 39.8 Å². The summed E-state index contributed by atoms with van der Waals surface area (Å²) in [6.07, 6.45) is 2.73. The molecule has 204 valence electrons. The Balaban J connectivity index is 1.96. The zero-order valence-electron chi connectivity index (χ0n) is 21.6. The van der Waals surface area contributed by atoms with Crippen molar-refractivity contribution in [3.05, 3.63) is 58.5 Å². The Bertz CT molecular complexity index is 1340. The molecular weight excluding hydrogens is 525 g/mol. The van der Waals surface area contributed by atoms with Crippen molar-refractivity contribution in [3.63, 3.8) is 0 Å². The fourth-order valence-corrected chi connectivity index (χ4v) is 6.29. The van der Waals surface area contributed by atoms with Gasteiger partial charge < -0.3 is 14.0 Å². The van der Waals surface area contributed by atoms with E-state index in [0.29, 0.717) is 23.3 Å². The molecule has 2 aromatic carbocycles. The molecule has 0 aliphatic rings. The van der Waals surface area contributed by atoms with Crippen molar-refractivity contribution in [2.24, 2.45) is 0 Å². The van der Waals surface area contributed by atoms with Gasteiger partial charge in [-0.15, -0.1) is 11.3 Å². The van der Waals surface area contributed by atoms with E-state index in [4.69, 9.17) is 4.74 Å². The van der Waals surface area contributed by atoms with Crippen LogP contribution in [0.4, 0.5) is 13.2 Å². The van der Waals surface area contributed by atoms with Crippen LogP contribution in [-0.4, -0.2) is 31.2 Å². The Kier molecular flexibility index (Phi) is 8.56. The Morgan fingerprint density at radius 1 is 0.919 bits per heavy atom. The average molecular weight is 559 g/mol. The Hall–Kier alpha value is -2.30. The fraction of sp³-hybridized carbons (Fsp3) is 0.481. The molecule has 0 bridgehead atoms. The van der Waals surface area contributed by atoms with Crippen LogP contribution in [0.2, 0.25) is 0 Å². The van der Waals surface area contributed by atoms with Crippen LogP contribution < -0.4 is 8.92 Å². The highest BCUT2D eigenvalue weighted by molar-refractivity contribution is 7.88. The zero-order valence-corrected chi connectivity index (χ0v) is 23.2. The monoisotopic (exact) mass is 558 g/mol. The summed E-state index contributed by atoms with van der Waals surface area (Å²) >= 11 is 1.41. The SMILES string of the molecule is CCC(O)(CC)COc1ccc(C(CC)(CC)c2cc3ccc(OS(=O)(=O)C(F)(F)F)cc3s2)cc1C. The van der Waals surface area contributed by atoms with Gasteiger partial charge in [-0.3, -0.25) is 0 Å². The molecule has 1 heterocycles. The lowest BCUT2D eigenvalue weighted by Gasteiger charge is -2.32. The van der Waals surface area contributed by atoms with Gasteiger partial charge in [-0.25, -0.2) is 0 Å². The van der Waals surface area contributed by atoms with Crippen LogP contribution in [0.3, 0.4) is 0 Å². The number of rotatable bonds is 11. The summed E-state index contributed by atoms with van der Waals surface area (Å²) < 4.78 is 72.0. The minimum atomic E-state index is -5.74. The molecule has 0 aliphatic heterocycles. The molecule has 1 aromatic heterocycles. The third-order valence-corrected chi connectivity index (χ3v) is 9.48. The molecule has 5 nitrogen and oxygen atoms in total. The first-order valence-corrected chi connectivity index (χ1v) is 14.5. The first-order valence-electron chi connectivity index (χ1n) is 12.2. The maximum Gasteiger partial charge on any atom is 0.534 e. The summed E-state index contributed by atoms with van der Waals surface area (Å²) in [7, 11) is -5.74. The zero-order chi connectivity index (χ0) is 27.6. The summed E-state index contributed by atoms with van der Waals surface area (Å²) in [5.41, 5.74) is -4.72. The normalized spacial score (nSPS) is 13.2. The largest absolute Gasteiger partial charge is 0.534 e. The maximum atomic E-state index is 12.7. The number of hydrogen-bond acceptors (Lipinski definition) is 6. The van der Waals surface area contributed by atoms with Gasteiger partial charge in [-0.05, 0) is 79.5 Å². The number of hydrogen-bond donors (Lipinski definition) is 1. The number of aliphatic hydroxyl groups is 1.